The maximum absolute atomic E-state index is 16.2. The van der Waals surface area contributed by atoms with Crippen LogP contribution in [0.3, 0.4) is 0 Å². The smallest absolute Gasteiger partial charge is 0.254 e. The molecule has 0 radical (unpaired) electrons. The standard InChI is InChI=1S/C49H51Cl2FN6O5/c1-3-36(58(27-31-14-15-31)49(39-12-8-13-40(51)45(39)52)38-21-20-35(50)25-42(38)55-48(49)63)26-41(53)33-16-18-34(19-17-33)46(61)54-24-6-4-5-10-32-11-7-9-30(2)37(32)28-57(29-59)43-22-23-44(60)56-47(43)62/h7-9,11-13,16-21,25,29,31,36,41,43H,3-4,6,14-15,22-24,26-28,53H2,1-2H3,(H,54,61)(H,55,63)(H,56,60,62)/t36-,41?,43?,49-/m1/s1. The third kappa shape index (κ3) is 9.82. The van der Waals surface area contributed by atoms with Gasteiger partial charge < -0.3 is 21.3 Å². The summed E-state index contributed by atoms with van der Waals surface area (Å²) in [6, 6.07) is 21.4. The molecule has 3 aliphatic rings. The molecule has 0 spiro atoms. The van der Waals surface area contributed by atoms with E-state index in [1.807, 2.05) is 44.2 Å². The molecule has 7 rings (SSSR count). The summed E-state index contributed by atoms with van der Waals surface area (Å²) in [7, 11) is 0. The molecule has 1 saturated carbocycles. The van der Waals surface area contributed by atoms with Crippen LogP contribution in [0.25, 0.3) is 0 Å². The maximum atomic E-state index is 16.2. The first-order valence-electron chi connectivity index (χ1n) is 21.4. The Bertz CT molecular complexity index is 2470. The van der Waals surface area contributed by atoms with Gasteiger partial charge in [0, 0.05) is 77.5 Å². The molecule has 2 unspecified atom stereocenters. The number of nitrogens with two attached hydrogens (primary N) is 1. The average molecular weight is 894 g/mol. The zero-order valence-corrected chi connectivity index (χ0v) is 36.8. The fourth-order valence-electron chi connectivity index (χ4n) is 8.79. The van der Waals surface area contributed by atoms with E-state index in [1.165, 1.54) is 11.0 Å². The number of piperidine rings is 1. The van der Waals surface area contributed by atoms with Crippen LogP contribution in [-0.2, 0) is 31.3 Å². The third-order valence-electron chi connectivity index (χ3n) is 12.4. The van der Waals surface area contributed by atoms with E-state index in [1.54, 1.807) is 42.5 Å². The van der Waals surface area contributed by atoms with Crippen molar-refractivity contribution in [3.8, 4) is 11.8 Å². The molecule has 11 nitrogen and oxygen atoms in total. The first kappa shape index (κ1) is 45.4. The number of fused-ring (bicyclic) bond motifs is 1. The molecular formula is C49H51Cl2FN6O5. The number of anilines is 1. The summed E-state index contributed by atoms with van der Waals surface area (Å²) in [5.41, 5.74) is 10.5. The number of nitrogens with one attached hydrogen (secondary N) is 3. The van der Waals surface area contributed by atoms with Crippen LogP contribution in [0.1, 0.15) is 108 Å². The molecule has 4 aromatic rings. The van der Waals surface area contributed by atoms with E-state index >= 15 is 4.39 Å². The second kappa shape index (κ2) is 19.9. The van der Waals surface area contributed by atoms with Crippen molar-refractivity contribution in [2.45, 2.75) is 95.4 Å². The highest BCUT2D eigenvalue weighted by atomic mass is 35.5. The molecule has 5 amide bonds. The van der Waals surface area contributed by atoms with E-state index in [4.69, 9.17) is 28.9 Å². The van der Waals surface area contributed by atoms with Crippen LogP contribution in [0.4, 0.5) is 10.1 Å². The van der Waals surface area contributed by atoms with Crippen molar-refractivity contribution >= 4 is 58.9 Å². The van der Waals surface area contributed by atoms with Crippen LogP contribution in [0.15, 0.2) is 78.9 Å². The number of hydrogen-bond donors (Lipinski definition) is 4. The van der Waals surface area contributed by atoms with Gasteiger partial charge in [-0.3, -0.25) is 34.2 Å². The summed E-state index contributed by atoms with van der Waals surface area (Å²) in [6.45, 7) is 5.10. The van der Waals surface area contributed by atoms with Crippen molar-refractivity contribution in [2.24, 2.45) is 11.7 Å². The number of halogens is 3. The number of imide groups is 1. The molecule has 2 fully saturated rings. The van der Waals surface area contributed by atoms with Crippen LogP contribution in [-0.4, -0.2) is 65.0 Å². The highest BCUT2D eigenvalue weighted by Gasteiger charge is 2.56. The minimum Gasteiger partial charge on any atom is -0.352 e. The molecule has 1 saturated heterocycles. The predicted molar refractivity (Wildman–Crippen MR) is 241 cm³/mol. The van der Waals surface area contributed by atoms with Gasteiger partial charge in [0.15, 0.2) is 5.54 Å². The summed E-state index contributed by atoms with van der Waals surface area (Å²) in [6.07, 6.45) is 5.28. The lowest BCUT2D eigenvalue weighted by molar-refractivity contribution is -0.141. The van der Waals surface area contributed by atoms with Gasteiger partial charge in [0.2, 0.25) is 18.2 Å². The van der Waals surface area contributed by atoms with Gasteiger partial charge in [0.1, 0.15) is 11.9 Å². The highest BCUT2D eigenvalue weighted by molar-refractivity contribution is 6.31. The van der Waals surface area contributed by atoms with Crippen LogP contribution < -0.4 is 21.7 Å². The van der Waals surface area contributed by atoms with Crippen LogP contribution >= 0.6 is 23.2 Å². The molecule has 0 aromatic heterocycles. The van der Waals surface area contributed by atoms with E-state index in [9.17, 15) is 24.0 Å². The third-order valence-corrected chi connectivity index (χ3v) is 12.9. The Kier molecular flexibility index (Phi) is 14.3. The van der Waals surface area contributed by atoms with Crippen molar-refractivity contribution in [2.75, 3.05) is 18.4 Å². The van der Waals surface area contributed by atoms with Crippen molar-refractivity contribution in [1.29, 1.82) is 0 Å². The van der Waals surface area contributed by atoms with Crippen molar-refractivity contribution in [1.82, 2.24) is 20.4 Å². The lowest BCUT2D eigenvalue weighted by Crippen LogP contribution is -2.57. The van der Waals surface area contributed by atoms with E-state index in [0.29, 0.717) is 72.9 Å². The highest BCUT2D eigenvalue weighted by Crippen LogP contribution is 2.51. The molecule has 2 aliphatic heterocycles. The van der Waals surface area contributed by atoms with Gasteiger partial charge >= 0.3 is 0 Å². The number of rotatable bonds is 17. The molecule has 63 heavy (non-hydrogen) atoms. The molecule has 4 atom stereocenters. The molecular weight excluding hydrogens is 842 g/mol. The summed E-state index contributed by atoms with van der Waals surface area (Å²) >= 11 is 12.8. The Hall–Kier alpha value is -5.58. The second-order valence-electron chi connectivity index (χ2n) is 16.6. The van der Waals surface area contributed by atoms with Crippen LogP contribution in [0, 0.1) is 30.5 Å². The minimum atomic E-state index is -1.52. The van der Waals surface area contributed by atoms with Gasteiger partial charge in [-0.25, -0.2) is 4.39 Å². The summed E-state index contributed by atoms with van der Waals surface area (Å²) in [4.78, 5) is 67.2. The summed E-state index contributed by atoms with van der Waals surface area (Å²) in [5.74, 6) is 4.63. The number of carbonyl (C=O) groups is 5. The van der Waals surface area contributed by atoms with E-state index in [0.717, 1.165) is 35.1 Å². The largest absolute Gasteiger partial charge is 0.352 e. The normalized spacial score (nSPS) is 19.0. The molecule has 328 valence electrons. The molecule has 5 N–H and O–H groups in total. The van der Waals surface area contributed by atoms with Crippen LogP contribution in [0.2, 0.25) is 10.0 Å². The Morgan fingerprint density at radius 2 is 1.78 bits per heavy atom. The SMILES string of the molecule is CC[C@H](CC(N)c1ccc(C(=O)NCCCC#Cc2cccc(C)c2CN(C=O)C2CCC(=O)NC2=O)cc1)N(CC1CC1)[C@]1(c2cccc(Cl)c2F)C(=O)Nc2cc(Cl)ccc21. The van der Waals surface area contributed by atoms with E-state index in [2.05, 4.69) is 32.7 Å². The molecule has 1 aliphatic carbocycles. The Balaban J connectivity index is 0.989. The summed E-state index contributed by atoms with van der Waals surface area (Å²) < 4.78 is 16.2. The van der Waals surface area contributed by atoms with Crippen LogP contribution in [0.5, 0.6) is 0 Å². The van der Waals surface area contributed by atoms with E-state index < -0.39 is 29.3 Å². The zero-order chi connectivity index (χ0) is 44.8. The van der Waals surface area contributed by atoms with Gasteiger partial charge in [0.25, 0.3) is 11.8 Å². The quantitative estimate of drug-likeness (QED) is 0.0370. The average Bonchev–Trinajstić information content (AvgIpc) is 4.05. The summed E-state index contributed by atoms with van der Waals surface area (Å²) in [5, 5.41) is 8.65. The van der Waals surface area contributed by atoms with E-state index in [-0.39, 0.29) is 53.7 Å². The maximum Gasteiger partial charge on any atom is 0.254 e. The fraction of sp³-hybridized carbons (Fsp3) is 0.367. The number of hydrogen-bond acceptors (Lipinski definition) is 7. The fourth-order valence-corrected chi connectivity index (χ4v) is 9.14. The number of carbonyl (C=O) groups excluding carboxylic acids is 5. The molecule has 14 heteroatoms. The van der Waals surface area contributed by atoms with Gasteiger partial charge in [-0.15, -0.1) is 0 Å². The monoisotopic (exact) mass is 892 g/mol. The Labute approximate surface area is 377 Å². The topological polar surface area (TPSA) is 154 Å². The first-order chi connectivity index (χ1) is 30.3. The minimum absolute atomic E-state index is 0.0706. The Morgan fingerprint density at radius 3 is 2.49 bits per heavy atom. The van der Waals surface area contributed by atoms with Crippen molar-refractivity contribution in [3.63, 3.8) is 0 Å². The molecule has 0 bridgehead atoms. The number of unbranched alkanes of at least 4 members (excludes halogenated alkanes) is 1. The van der Waals surface area contributed by atoms with Gasteiger partial charge in [0.05, 0.1) is 5.02 Å². The number of benzene rings is 4. The lowest BCUT2D eigenvalue weighted by atomic mass is 9.79. The second-order valence-corrected chi connectivity index (χ2v) is 17.4. The van der Waals surface area contributed by atoms with Gasteiger partial charge in [-0.1, -0.05) is 84.4 Å². The van der Waals surface area contributed by atoms with Crippen molar-refractivity contribution in [3.05, 3.63) is 134 Å². The van der Waals surface area contributed by atoms with Gasteiger partial charge in [-0.05, 0) is 104 Å². The molecule has 4 aromatic carbocycles. The number of nitrogens with zero attached hydrogens (tertiary/aromatic N) is 2. The molecule has 2 heterocycles. The van der Waals surface area contributed by atoms with Gasteiger partial charge in [-0.2, -0.15) is 0 Å². The lowest BCUT2D eigenvalue weighted by Gasteiger charge is -2.45. The number of amides is 5. The zero-order valence-electron chi connectivity index (χ0n) is 35.3. The number of aryl methyl sites for hydroxylation is 1. The predicted octanol–water partition coefficient (Wildman–Crippen LogP) is 7.54. The first-order valence-corrected chi connectivity index (χ1v) is 22.2. The Morgan fingerprint density at radius 1 is 1.02 bits per heavy atom. The van der Waals surface area contributed by atoms with Crippen molar-refractivity contribution < 1.29 is 28.4 Å².